The molecule has 1 aromatic rings. The molecule has 2 N–H and O–H groups in total. The zero-order valence-corrected chi connectivity index (χ0v) is 10.5. The molecule has 0 bridgehead atoms. The lowest BCUT2D eigenvalue weighted by Gasteiger charge is -2.15. The van der Waals surface area contributed by atoms with E-state index in [1.165, 1.54) is 0 Å². The Morgan fingerprint density at radius 2 is 2.19 bits per heavy atom. The molecule has 0 fully saturated rings. The van der Waals surface area contributed by atoms with Gasteiger partial charge in [-0.3, -0.25) is 0 Å². The van der Waals surface area contributed by atoms with Crippen LogP contribution < -0.4 is 5.73 Å². The smallest absolute Gasteiger partial charge is 0.102 e. The maximum absolute atomic E-state index is 5.63. The monoisotopic (exact) mass is 227 g/mol. The largest absolute Gasteiger partial charge is 0.375 e. The zero-order valence-electron chi connectivity index (χ0n) is 10.5. The summed E-state index contributed by atoms with van der Waals surface area (Å²) in [5, 5.41) is 8.18. The number of nitrogens with two attached hydrogens (primary N) is 1. The van der Waals surface area contributed by atoms with Crippen molar-refractivity contribution in [2.24, 2.45) is 5.73 Å². The molecular formula is C10H21N5O. The summed E-state index contributed by atoms with van der Waals surface area (Å²) in [4.78, 5) is 2.10. The first-order valence-electron chi connectivity index (χ1n) is 5.40. The highest BCUT2D eigenvalue weighted by molar-refractivity contribution is 5.12. The highest BCUT2D eigenvalue weighted by Crippen LogP contribution is 2.18. The molecule has 0 saturated carbocycles. The molecule has 1 aromatic heterocycles. The minimum absolute atomic E-state index is 0.0317. The van der Waals surface area contributed by atoms with E-state index in [1.54, 1.807) is 7.11 Å². The van der Waals surface area contributed by atoms with Crippen LogP contribution in [0.25, 0.3) is 0 Å². The third-order valence-corrected chi connectivity index (χ3v) is 2.54. The van der Waals surface area contributed by atoms with E-state index >= 15 is 0 Å². The van der Waals surface area contributed by atoms with Crippen molar-refractivity contribution >= 4 is 0 Å². The molecule has 92 valence electrons. The second-order valence-electron chi connectivity index (χ2n) is 4.03. The molecule has 6 nitrogen and oxygen atoms in total. The molecule has 1 unspecified atom stereocenters. The molecule has 0 radical (unpaired) electrons. The van der Waals surface area contributed by atoms with Crippen LogP contribution in [0, 0.1) is 0 Å². The number of aromatic nitrogens is 3. The molecule has 0 aliphatic heterocycles. The van der Waals surface area contributed by atoms with Gasteiger partial charge in [0.1, 0.15) is 5.69 Å². The van der Waals surface area contributed by atoms with Crippen LogP contribution in [0.1, 0.15) is 24.4 Å². The quantitative estimate of drug-likeness (QED) is 0.741. The summed E-state index contributed by atoms with van der Waals surface area (Å²) in [6.45, 7) is 4.08. The van der Waals surface area contributed by atoms with E-state index in [9.17, 15) is 0 Å². The van der Waals surface area contributed by atoms with Crippen LogP contribution in [-0.2, 0) is 17.8 Å². The van der Waals surface area contributed by atoms with Gasteiger partial charge in [-0.1, -0.05) is 5.21 Å². The molecule has 0 aromatic carbocycles. The number of hydrogen-bond acceptors (Lipinski definition) is 5. The van der Waals surface area contributed by atoms with E-state index in [1.807, 2.05) is 25.7 Å². The molecule has 16 heavy (non-hydrogen) atoms. The minimum Gasteiger partial charge on any atom is -0.375 e. The number of likely N-dealkylation sites (N-methyl/N-ethyl adjacent to an activating group) is 1. The SMILES string of the molecule is COC(C)c1c(CN)nnn1CCN(C)C. The number of ether oxygens (including phenoxy) is 1. The fraction of sp³-hybridized carbons (Fsp3) is 0.800. The van der Waals surface area contributed by atoms with Gasteiger partial charge in [-0.15, -0.1) is 5.10 Å². The summed E-state index contributed by atoms with van der Waals surface area (Å²) in [5.74, 6) is 0. The topological polar surface area (TPSA) is 69.2 Å². The Labute approximate surface area is 96.4 Å². The van der Waals surface area contributed by atoms with Gasteiger partial charge in [0.15, 0.2) is 0 Å². The van der Waals surface area contributed by atoms with E-state index in [2.05, 4.69) is 15.2 Å². The number of rotatable bonds is 6. The van der Waals surface area contributed by atoms with Gasteiger partial charge in [0.25, 0.3) is 0 Å². The predicted molar refractivity (Wildman–Crippen MR) is 61.9 cm³/mol. The molecule has 1 atom stereocenters. The van der Waals surface area contributed by atoms with Crippen LogP contribution in [-0.4, -0.2) is 47.6 Å². The van der Waals surface area contributed by atoms with Gasteiger partial charge < -0.3 is 15.4 Å². The third-order valence-electron chi connectivity index (χ3n) is 2.54. The van der Waals surface area contributed by atoms with Crippen molar-refractivity contribution in [1.29, 1.82) is 0 Å². The minimum atomic E-state index is -0.0317. The average Bonchev–Trinajstić information content (AvgIpc) is 2.68. The van der Waals surface area contributed by atoms with E-state index in [4.69, 9.17) is 10.5 Å². The van der Waals surface area contributed by atoms with Crippen molar-refractivity contribution in [3.63, 3.8) is 0 Å². The first-order valence-corrected chi connectivity index (χ1v) is 5.40. The molecule has 1 rings (SSSR count). The van der Waals surface area contributed by atoms with Crippen LogP contribution in [0.3, 0.4) is 0 Å². The lowest BCUT2D eigenvalue weighted by Crippen LogP contribution is -2.21. The molecule has 0 amide bonds. The summed E-state index contributed by atoms with van der Waals surface area (Å²) in [7, 11) is 5.73. The lowest BCUT2D eigenvalue weighted by atomic mass is 10.2. The van der Waals surface area contributed by atoms with Crippen LogP contribution in [0.15, 0.2) is 0 Å². The van der Waals surface area contributed by atoms with Gasteiger partial charge in [0.2, 0.25) is 0 Å². The Balaban J connectivity index is 2.86. The molecular weight excluding hydrogens is 206 g/mol. The van der Waals surface area contributed by atoms with Crippen LogP contribution in [0.4, 0.5) is 0 Å². The molecule has 0 spiro atoms. The second kappa shape index (κ2) is 5.93. The van der Waals surface area contributed by atoms with E-state index in [0.717, 1.165) is 24.5 Å². The van der Waals surface area contributed by atoms with Crippen molar-refractivity contribution in [1.82, 2.24) is 19.9 Å². The summed E-state index contributed by atoms with van der Waals surface area (Å²) >= 11 is 0. The molecule has 1 heterocycles. The Bertz CT molecular complexity index is 323. The van der Waals surface area contributed by atoms with E-state index in [0.29, 0.717) is 6.54 Å². The Morgan fingerprint density at radius 1 is 1.50 bits per heavy atom. The molecule has 0 aliphatic carbocycles. The van der Waals surface area contributed by atoms with Crippen molar-refractivity contribution < 1.29 is 4.74 Å². The fourth-order valence-electron chi connectivity index (χ4n) is 1.52. The normalized spacial score (nSPS) is 13.4. The first kappa shape index (κ1) is 13.1. The predicted octanol–water partition coefficient (Wildman–Crippen LogP) is 0.00580. The number of hydrogen-bond donors (Lipinski definition) is 1. The van der Waals surface area contributed by atoms with Crippen molar-refractivity contribution in [2.45, 2.75) is 26.1 Å². The van der Waals surface area contributed by atoms with Crippen LogP contribution in [0.2, 0.25) is 0 Å². The lowest BCUT2D eigenvalue weighted by molar-refractivity contribution is 0.110. The highest BCUT2D eigenvalue weighted by atomic mass is 16.5. The highest BCUT2D eigenvalue weighted by Gasteiger charge is 2.17. The number of nitrogens with zero attached hydrogens (tertiary/aromatic N) is 4. The van der Waals surface area contributed by atoms with Gasteiger partial charge in [0, 0.05) is 20.2 Å². The van der Waals surface area contributed by atoms with Gasteiger partial charge in [-0.05, 0) is 21.0 Å². The Kier molecular flexibility index (Phi) is 4.85. The third kappa shape index (κ3) is 3.01. The number of methoxy groups -OCH3 is 1. The Morgan fingerprint density at radius 3 is 2.69 bits per heavy atom. The van der Waals surface area contributed by atoms with Crippen LogP contribution in [0.5, 0.6) is 0 Å². The standard InChI is InChI=1S/C10H21N5O/c1-8(16-4)10-9(7-11)12-13-15(10)6-5-14(2)3/h8H,5-7,11H2,1-4H3. The van der Waals surface area contributed by atoms with Crippen molar-refractivity contribution in [2.75, 3.05) is 27.7 Å². The zero-order chi connectivity index (χ0) is 12.1. The summed E-state index contributed by atoms with van der Waals surface area (Å²) in [6.07, 6.45) is -0.0317. The van der Waals surface area contributed by atoms with Gasteiger partial charge in [0.05, 0.1) is 18.3 Å². The second-order valence-corrected chi connectivity index (χ2v) is 4.03. The van der Waals surface area contributed by atoms with Crippen molar-refractivity contribution in [3.8, 4) is 0 Å². The molecule has 6 heteroatoms. The van der Waals surface area contributed by atoms with Crippen molar-refractivity contribution in [3.05, 3.63) is 11.4 Å². The summed E-state index contributed by atoms with van der Waals surface area (Å²) < 4.78 is 7.19. The first-order chi connectivity index (χ1) is 7.60. The maximum Gasteiger partial charge on any atom is 0.102 e. The van der Waals surface area contributed by atoms with E-state index < -0.39 is 0 Å². The van der Waals surface area contributed by atoms with E-state index in [-0.39, 0.29) is 6.10 Å². The summed E-state index contributed by atoms with van der Waals surface area (Å²) in [5.41, 5.74) is 7.42. The maximum atomic E-state index is 5.63. The van der Waals surface area contributed by atoms with Gasteiger partial charge in [-0.25, -0.2) is 4.68 Å². The van der Waals surface area contributed by atoms with Gasteiger partial charge >= 0.3 is 0 Å². The molecule has 0 saturated heterocycles. The Hall–Kier alpha value is -0.980. The van der Waals surface area contributed by atoms with Crippen LogP contribution >= 0.6 is 0 Å². The molecule has 0 aliphatic rings. The fourth-order valence-corrected chi connectivity index (χ4v) is 1.52. The van der Waals surface area contributed by atoms with Gasteiger partial charge in [-0.2, -0.15) is 0 Å². The summed E-state index contributed by atoms with van der Waals surface area (Å²) in [6, 6.07) is 0. The average molecular weight is 227 g/mol.